The molecule has 1 aliphatic heterocycles. The van der Waals surface area contributed by atoms with E-state index in [2.05, 4.69) is 10.4 Å². The Morgan fingerprint density at radius 3 is 2.65 bits per heavy atom. The van der Waals surface area contributed by atoms with E-state index in [1.165, 1.54) is 22.6 Å². The van der Waals surface area contributed by atoms with Crippen molar-refractivity contribution in [3.05, 3.63) is 58.9 Å². The Hall–Kier alpha value is -3.24. The molecule has 1 N–H and O–H groups in total. The number of hydrogen-bond donors (Lipinski definition) is 1. The average Bonchev–Trinajstić information content (AvgIpc) is 2.85. The number of rotatable bonds is 8. The van der Waals surface area contributed by atoms with E-state index in [0.29, 0.717) is 42.0 Å². The molecule has 1 amide bonds. The first-order valence-corrected chi connectivity index (χ1v) is 12.9. The highest BCUT2D eigenvalue weighted by atomic mass is 32.2. The molecule has 4 rings (SSSR count). The summed E-state index contributed by atoms with van der Waals surface area (Å²) < 4.78 is 34.9. The highest BCUT2D eigenvalue weighted by molar-refractivity contribution is 7.89. The largest absolute Gasteiger partial charge is 0.492 e. The SMILES string of the molecule is CCOc1ccc(S(=O)(=O)N2CCCCC2)cc1NC(=O)CCn1ncc(=O)c2ccccc21. The molecule has 1 aliphatic rings. The maximum Gasteiger partial charge on any atom is 0.243 e. The Morgan fingerprint density at radius 1 is 1.12 bits per heavy atom. The second kappa shape index (κ2) is 10.4. The number of ether oxygens (including phenoxy) is 1. The molecule has 0 atom stereocenters. The lowest BCUT2D eigenvalue weighted by atomic mass is 10.2. The van der Waals surface area contributed by atoms with E-state index in [-0.39, 0.29) is 29.2 Å². The molecule has 0 aliphatic carbocycles. The summed E-state index contributed by atoms with van der Waals surface area (Å²) >= 11 is 0. The molecule has 0 saturated carbocycles. The van der Waals surface area contributed by atoms with Gasteiger partial charge in [-0.3, -0.25) is 14.3 Å². The highest BCUT2D eigenvalue weighted by Gasteiger charge is 2.27. The van der Waals surface area contributed by atoms with Gasteiger partial charge in [-0.1, -0.05) is 18.6 Å². The topological polar surface area (TPSA) is 111 Å². The third-order valence-corrected chi connectivity index (χ3v) is 7.69. The molecule has 0 spiro atoms. The number of hydrogen-bond acceptors (Lipinski definition) is 6. The highest BCUT2D eigenvalue weighted by Crippen LogP contribution is 2.30. The van der Waals surface area contributed by atoms with Crippen molar-refractivity contribution in [1.82, 2.24) is 14.1 Å². The van der Waals surface area contributed by atoms with Crippen LogP contribution in [0.3, 0.4) is 0 Å². The van der Waals surface area contributed by atoms with E-state index in [0.717, 1.165) is 19.3 Å². The summed E-state index contributed by atoms with van der Waals surface area (Å²) in [6, 6.07) is 11.6. The number of sulfonamides is 1. The fourth-order valence-electron chi connectivity index (χ4n) is 4.06. The standard InChI is InChI=1S/C24H28N4O5S/c1-2-33-23-11-10-18(34(31,32)27-13-6-3-7-14-27)16-20(23)26-24(30)12-15-28-21-9-5-4-8-19(21)22(29)17-25-28/h4-5,8-11,16-17H,2-3,6-7,12-15H2,1H3,(H,26,30). The van der Waals surface area contributed by atoms with Crippen LogP contribution in [0.15, 0.2) is 58.4 Å². The molecule has 9 nitrogen and oxygen atoms in total. The van der Waals surface area contributed by atoms with Crippen molar-refractivity contribution in [1.29, 1.82) is 0 Å². The summed E-state index contributed by atoms with van der Waals surface area (Å²) in [4.78, 5) is 24.9. The Bertz CT molecular complexity index is 1350. The van der Waals surface area contributed by atoms with Gasteiger partial charge < -0.3 is 10.1 Å². The Kier molecular flexibility index (Phi) is 7.28. The van der Waals surface area contributed by atoms with Crippen LogP contribution in [0.25, 0.3) is 10.9 Å². The van der Waals surface area contributed by atoms with Gasteiger partial charge in [0.05, 0.1) is 35.4 Å². The third kappa shape index (κ3) is 5.13. The number of para-hydroxylation sites is 1. The number of nitrogens with zero attached hydrogens (tertiary/aromatic N) is 3. The van der Waals surface area contributed by atoms with Crippen LogP contribution in [-0.2, 0) is 21.4 Å². The first-order valence-electron chi connectivity index (χ1n) is 11.4. The van der Waals surface area contributed by atoms with Crippen molar-refractivity contribution in [3.8, 4) is 5.75 Å². The molecule has 2 aromatic carbocycles. The number of carbonyl (C=O) groups is 1. The van der Waals surface area contributed by atoms with Crippen molar-refractivity contribution in [2.75, 3.05) is 25.0 Å². The minimum Gasteiger partial charge on any atom is -0.492 e. The van der Waals surface area contributed by atoms with Crippen LogP contribution >= 0.6 is 0 Å². The maximum absolute atomic E-state index is 13.1. The van der Waals surface area contributed by atoms with E-state index < -0.39 is 10.0 Å². The molecule has 3 aromatic rings. The summed E-state index contributed by atoms with van der Waals surface area (Å²) in [5.41, 5.74) is 0.777. The molecule has 1 saturated heterocycles. The van der Waals surface area contributed by atoms with Gasteiger partial charge in [0.25, 0.3) is 0 Å². The smallest absolute Gasteiger partial charge is 0.243 e. The molecule has 0 bridgehead atoms. The first kappa shape index (κ1) is 23.9. The van der Waals surface area contributed by atoms with E-state index in [4.69, 9.17) is 4.74 Å². The minimum atomic E-state index is -3.65. The van der Waals surface area contributed by atoms with Gasteiger partial charge in [-0.25, -0.2) is 8.42 Å². The molecular formula is C24H28N4O5S. The van der Waals surface area contributed by atoms with Gasteiger partial charge in [-0.15, -0.1) is 0 Å². The van der Waals surface area contributed by atoms with Gasteiger partial charge in [0.15, 0.2) is 0 Å². The van der Waals surface area contributed by atoms with E-state index in [1.807, 2.05) is 13.0 Å². The summed E-state index contributed by atoms with van der Waals surface area (Å²) in [6.45, 7) is 3.43. The van der Waals surface area contributed by atoms with Crippen LogP contribution in [0, 0.1) is 0 Å². The number of carbonyl (C=O) groups excluding carboxylic acids is 1. The molecule has 1 fully saturated rings. The molecule has 10 heteroatoms. The number of aromatic nitrogens is 2. The molecule has 0 unspecified atom stereocenters. The number of piperidine rings is 1. The number of nitrogens with one attached hydrogen (secondary N) is 1. The zero-order valence-corrected chi connectivity index (χ0v) is 19.9. The maximum atomic E-state index is 13.1. The molecule has 0 radical (unpaired) electrons. The lowest BCUT2D eigenvalue weighted by Crippen LogP contribution is -2.35. The normalized spacial score (nSPS) is 14.7. The predicted molar refractivity (Wildman–Crippen MR) is 129 cm³/mol. The lowest BCUT2D eigenvalue weighted by Gasteiger charge is -2.26. The number of amides is 1. The van der Waals surface area contributed by atoms with Gasteiger partial charge >= 0.3 is 0 Å². The van der Waals surface area contributed by atoms with Crippen LogP contribution in [-0.4, -0.2) is 48.1 Å². The zero-order chi connectivity index (χ0) is 24.1. The third-order valence-electron chi connectivity index (χ3n) is 5.79. The predicted octanol–water partition coefficient (Wildman–Crippen LogP) is 3.00. The van der Waals surface area contributed by atoms with Crippen molar-refractivity contribution >= 4 is 32.5 Å². The van der Waals surface area contributed by atoms with Crippen LogP contribution < -0.4 is 15.5 Å². The van der Waals surface area contributed by atoms with Crippen molar-refractivity contribution in [3.63, 3.8) is 0 Å². The van der Waals surface area contributed by atoms with Crippen molar-refractivity contribution < 1.29 is 17.9 Å². The van der Waals surface area contributed by atoms with E-state index in [1.54, 1.807) is 28.9 Å². The molecule has 34 heavy (non-hydrogen) atoms. The Balaban J connectivity index is 1.53. The van der Waals surface area contributed by atoms with Gasteiger partial charge in [0.2, 0.25) is 21.4 Å². The number of fused-ring (bicyclic) bond motifs is 1. The molecule has 1 aromatic heterocycles. The summed E-state index contributed by atoms with van der Waals surface area (Å²) in [5.74, 6) is 0.0819. The van der Waals surface area contributed by atoms with Crippen LogP contribution in [0.5, 0.6) is 5.75 Å². The van der Waals surface area contributed by atoms with E-state index in [9.17, 15) is 18.0 Å². The van der Waals surface area contributed by atoms with Crippen LogP contribution in [0.4, 0.5) is 5.69 Å². The zero-order valence-electron chi connectivity index (χ0n) is 19.1. The fraction of sp³-hybridized carbons (Fsp3) is 0.375. The van der Waals surface area contributed by atoms with Crippen molar-refractivity contribution in [2.24, 2.45) is 0 Å². The van der Waals surface area contributed by atoms with E-state index >= 15 is 0 Å². The second-order valence-corrected chi connectivity index (χ2v) is 10.0. The first-order chi connectivity index (χ1) is 16.4. The molecular weight excluding hydrogens is 456 g/mol. The Labute approximate surface area is 198 Å². The molecule has 2 heterocycles. The summed E-state index contributed by atoms with van der Waals surface area (Å²) in [6.07, 6.45) is 4.02. The Morgan fingerprint density at radius 2 is 1.88 bits per heavy atom. The number of aryl methyl sites for hydroxylation is 1. The number of anilines is 1. The minimum absolute atomic E-state index is 0.0779. The monoisotopic (exact) mass is 484 g/mol. The van der Waals surface area contributed by atoms with Crippen LogP contribution in [0.2, 0.25) is 0 Å². The van der Waals surface area contributed by atoms with Gasteiger partial charge in [0, 0.05) is 24.9 Å². The number of benzene rings is 2. The summed E-state index contributed by atoms with van der Waals surface area (Å²) in [5, 5.41) is 7.47. The van der Waals surface area contributed by atoms with Crippen molar-refractivity contribution in [2.45, 2.75) is 44.0 Å². The summed E-state index contributed by atoms with van der Waals surface area (Å²) in [7, 11) is -3.65. The quantitative estimate of drug-likeness (QED) is 0.526. The lowest BCUT2D eigenvalue weighted by molar-refractivity contribution is -0.116. The average molecular weight is 485 g/mol. The fourth-order valence-corrected chi connectivity index (χ4v) is 5.61. The molecule has 180 valence electrons. The van der Waals surface area contributed by atoms with Gasteiger partial charge in [-0.2, -0.15) is 9.40 Å². The van der Waals surface area contributed by atoms with Crippen LogP contribution in [0.1, 0.15) is 32.6 Å². The van der Waals surface area contributed by atoms with Gasteiger partial charge in [-0.05, 0) is 50.1 Å². The van der Waals surface area contributed by atoms with Gasteiger partial charge in [0.1, 0.15) is 5.75 Å². The second-order valence-electron chi connectivity index (χ2n) is 8.10.